The average molecular weight is 375 g/mol. The summed E-state index contributed by atoms with van der Waals surface area (Å²) in [6.07, 6.45) is 4.13. The van der Waals surface area contributed by atoms with E-state index in [1.54, 1.807) is 12.1 Å². The van der Waals surface area contributed by atoms with Crippen LogP contribution in [0.4, 0.5) is 0 Å². The Morgan fingerprint density at radius 3 is 2.86 bits per heavy atom. The fourth-order valence-electron chi connectivity index (χ4n) is 3.41. The predicted molar refractivity (Wildman–Crippen MR) is 105 cm³/mol. The maximum Gasteiger partial charge on any atom is 0.251 e. The standard InChI is InChI=1S/C21H21N5O2/c1-3-16-7-17-18(25-21(16)27)6-15(10-23-17)11-26-12-19(13(26)2)28-20-5-4-14(8-22)9-24-20/h4-7,9-10,13,19H,3,11-12H2,1-2H3,(H,25,27)/t13-,19+/m1/s1. The van der Waals surface area contributed by atoms with Gasteiger partial charge in [0, 0.05) is 43.2 Å². The number of rotatable bonds is 5. The molecule has 1 aliphatic rings. The number of aromatic amines is 1. The van der Waals surface area contributed by atoms with Crippen molar-refractivity contribution < 1.29 is 4.74 Å². The molecular formula is C21H21N5O2. The van der Waals surface area contributed by atoms with E-state index in [2.05, 4.69) is 26.8 Å². The van der Waals surface area contributed by atoms with Gasteiger partial charge in [0.2, 0.25) is 5.88 Å². The summed E-state index contributed by atoms with van der Waals surface area (Å²) in [5, 5.41) is 8.83. The van der Waals surface area contributed by atoms with Crippen LogP contribution in [0.25, 0.3) is 11.0 Å². The first-order chi connectivity index (χ1) is 13.6. The summed E-state index contributed by atoms with van der Waals surface area (Å²) in [5.74, 6) is 0.534. The number of H-pyrrole nitrogens is 1. The van der Waals surface area contributed by atoms with Gasteiger partial charge in [0.1, 0.15) is 12.2 Å². The summed E-state index contributed by atoms with van der Waals surface area (Å²) < 4.78 is 5.92. The molecule has 7 nitrogen and oxygen atoms in total. The molecule has 142 valence electrons. The molecule has 0 aromatic carbocycles. The average Bonchev–Trinajstić information content (AvgIpc) is 2.72. The summed E-state index contributed by atoms with van der Waals surface area (Å²) in [7, 11) is 0. The van der Waals surface area contributed by atoms with Crippen LogP contribution in [0, 0.1) is 11.3 Å². The summed E-state index contributed by atoms with van der Waals surface area (Å²) in [6, 6.07) is 9.56. The first kappa shape index (κ1) is 18.1. The smallest absolute Gasteiger partial charge is 0.251 e. The van der Waals surface area contributed by atoms with Crippen molar-refractivity contribution in [3.8, 4) is 11.9 Å². The Morgan fingerprint density at radius 1 is 1.32 bits per heavy atom. The van der Waals surface area contributed by atoms with Gasteiger partial charge in [0.05, 0.1) is 16.6 Å². The number of nitrogens with one attached hydrogen (secondary N) is 1. The van der Waals surface area contributed by atoms with Crippen LogP contribution in [-0.4, -0.2) is 38.5 Å². The second-order valence-electron chi connectivity index (χ2n) is 7.08. The van der Waals surface area contributed by atoms with E-state index >= 15 is 0 Å². The molecule has 0 amide bonds. The Kier molecular flexibility index (Phi) is 4.80. The molecule has 1 aliphatic heterocycles. The number of nitrogens with zero attached hydrogens (tertiary/aromatic N) is 4. The quantitative estimate of drug-likeness (QED) is 0.736. The summed E-state index contributed by atoms with van der Waals surface area (Å²) in [5.41, 5.74) is 3.85. The monoisotopic (exact) mass is 375 g/mol. The molecule has 4 rings (SSSR count). The molecule has 0 bridgehead atoms. The number of aromatic nitrogens is 3. The number of hydrogen-bond donors (Lipinski definition) is 1. The van der Waals surface area contributed by atoms with Crippen molar-refractivity contribution in [2.75, 3.05) is 6.54 Å². The van der Waals surface area contributed by atoms with Crippen molar-refractivity contribution in [3.05, 3.63) is 63.7 Å². The largest absolute Gasteiger partial charge is 0.471 e. The van der Waals surface area contributed by atoms with Crippen molar-refractivity contribution in [3.63, 3.8) is 0 Å². The van der Waals surface area contributed by atoms with Gasteiger partial charge in [-0.05, 0) is 37.1 Å². The third-order valence-electron chi connectivity index (χ3n) is 5.26. The predicted octanol–water partition coefficient (Wildman–Crippen LogP) is 2.40. The summed E-state index contributed by atoms with van der Waals surface area (Å²) in [6.45, 7) is 5.60. The first-order valence-corrected chi connectivity index (χ1v) is 9.35. The molecule has 2 atom stereocenters. The minimum atomic E-state index is -0.0466. The van der Waals surface area contributed by atoms with Crippen LogP contribution >= 0.6 is 0 Å². The molecule has 0 spiro atoms. The Bertz CT molecular complexity index is 1100. The van der Waals surface area contributed by atoms with Crippen LogP contribution in [0.1, 0.15) is 30.5 Å². The van der Waals surface area contributed by atoms with Crippen LogP contribution in [0.2, 0.25) is 0 Å². The van der Waals surface area contributed by atoms with Gasteiger partial charge >= 0.3 is 0 Å². The molecule has 0 unspecified atom stereocenters. The van der Waals surface area contributed by atoms with E-state index in [0.29, 0.717) is 17.9 Å². The number of likely N-dealkylation sites (tertiary alicyclic amines) is 1. The van der Waals surface area contributed by atoms with Crippen molar-refractivity contribution in [1.82, 2.24) is 19.9 Å². The van der Waals surface area contributed by atoms with Crippen molar-refractivity contribution in [1.29, 1.82) is 5.26 Å². The van der Waals surface area contributed by atoms with Crippen LogP contribution in [0.15, 0.2) is 41.5 Å². The molecule has 3 aromatic heterocycles. The van der Waals surface area contributed by atoms with E-state index in [0.717, 1.165) is 35.2 Å². The molecular weight excluding hydrogens is 354 g/mol. The van der Waals surface area contributed by atoms with Crippen molar-refractivity contribution in [2.24, 2.45) is 0 Å². The number of hydrogen-bond acceptors (Lipinski definition) is 6. The van der Waals surface area contributed by atoms with Gasteiger partial charge < -0.3 is 9.72 Å². The molecule has 1 saturated heterocycles. The highest BCUT2D eigenvalue weighted by Gasteiger charge is 2.37. The van der Waals surface area contributed by atoms with E-state index in [9.17, 15) is 4.79 Å². The van der Waals surface area contributed by atoms with E-state index in [1.165, 1.54) is 6.20 Å². The van der Waals surface area contributed by atoms with E-state index in [4.69, 9.17) is 10.00 Å². The molecule has 7 heteroatoms. The Morgan fingerprint density at radius 2 is 2.18 bits per heavy atom. The number of aryl methyl sites for hydroxylation is 1. The lowest BCUT2D eigenvalue weighted by Crippen LogP contribution is -2.60. The topological polar surface area (TPSA) is 94.9 Å². The second-order valence-corrected chi connectivity index (χ2v) is 7.08. The zero-order valence-corrected chi connectivity index (χ0v) is 15.8. The lowest BCUT2D eigenvalue weighted by atomic mass is 10.00. The van der Waals surface area contributed by atoms with Gasteiger partial charge in [-0.2, -0.15) is 5.26 Å². The van der Waals surface area contributed by atoms with Gasteiger partial charge in [-0.25, -0.2) is 4.98 Å². The third-order valence-corrected chi connectivity index (χ3v) is 5.26. The van der Waals surface area contributed by atoms with Crippen LogP contribution in [0.3, 0.4) is 0 Å². The molecule has 0 saturated carbocycles. The number of fused-ring (bicyclic) bond motifs is 1. The van der Waals surface area contributed by atoms with Gasteiger partial charge in [0.15, 0.2) is 0 Å². The highest BCUT2D eigenvalue weighted by Crippen LogP contribution is 2.25. The normalized spacial score (nSPS) is 19.2. The maximum atomic E-state index is 12.0. The zero-order valence-electron chi connectivity index (χ0n) is 15.8. The third kappa shape index (κ3) is 3.47. The minimum Gasteiger partial charge on any atom is -0.471 e. The van der Waals surface area contributed by atoms with Crippen molar-refractivity contribution >= 4 is 11.0 Å². The maximum absolute atomic E-state index is 12.0. The lowest BCUT2D eigenvalue weighted by molar-refractivity contribution is -0.0434. The Hall–Kier alpha value is -3.24. The van der Waals surface area contributed by atoms with Crippen LogP contribution in [0.5, 0.6) is 5.88 Å². The number of ether oxygens (including phenoxy) is 1. The van der Waals surface area contributed by atoms with E-state index < -0.39 is 0 Å². The molecule has 28 heavy (non-hydrogen) atoms. The van der Waals surface area contributed by atoms with Crippen LogP contribution in [-0.2, 0) is 13.0 Å². The zero-order chi connectivity index (χ0) is 19.7. The van der Waals surface area contributed by atoms with E-state index in [-0.39, 0.29) is 17.7 Å². The van der Waals surface area contributed by atoms with E-state index in [1.807, 2.05) is 31.3 Å². The molecule has 4 heterocycles. The van der Waals surface area contributed by atoms with Gasteiger partial charge in [-0.15, -0.1) is 0 Å². The minimum absolute atomic E-state index is 0.0466. The van der Waals surface area contributed by atoms with Crippen LogP contribution < -0.4 is 10.3 Å². The second kappa shape index (κ2) is 7.41. The fraction of sp³-hybridized carbons (Fsp3) is 0.333. The number of pyridine rings is 3. The molecule has 1 N–H and O–H groups in total. The van der Waals surface area contributed by atoms with Gasteiger partial charge in [-0.1, -0.05) is 6.92 Å². The van der Waals surface area contributed by atoms with Gasteiger partial charge in [-0.3, -0.25) is 14.7 Å². The molecule has 1 fully saturated rings. The molecule has 3 aromatic rings. The summed E-state index contributed by atoms with van der Waals surface area (Å²) >= 11 is 0. The molecule has 0 aliphatic carbocycles. The first-order valence-electron chi connectivity index (χ1n) is 9.35. The lowest BCUT2D eigenvalue weighted by Gasteiger charge is -2.45. The molecule has 0 radical (unpaired) electrons. The Balaban J connectivity index is 1.41. The summed E-state index contributed by atoms with van der Waals surface area (Å²) in [4.78, 5) is 25.9. The highest BCUT2D eigenvalue weighted by molar-refractivity contribution is 5.74. The number of nitriles is 1. The highest BCUT2D eigenvalue weighted by atomic mass is 16.5. The fourth-order valence-corrected chi connectivity index (χ4v) is 3.41. The SMILES string of the molecule is CCc1cc2ncc(CN3C[C@H](Oc4ccc(C#N)cn4)[C@H]3C)cc2[nH]c1=O. The Labute approximate surface area is 162 Å². The van der Waals surface area contributed by atoms with Crippen molar-refractivity contribution in [2.45, 2.75) is 39.0 Å². The van der Waals surface area contributed by atoms with Gasteiger partial charge in [0.25, 0.3) is 5.56 Å².